The zero-order chi connectivity index (χ0) is 10.1. The second kappa shape index (κ2) is 3.59. The second-order valence-electron chi connectivity index (χ2n) is 4.32. The number of rotatable bonds is 3. The molecule has 0 radical (unpaired) electrons. The van der Waals surface area contributed by atoms with Crippen LogP contribution in [0.15, 0.2) is 0 Å². The van der Waals surface area contributed by atoms with Gasteiger partial charge in [0.1, 0.15) is 0 Å². The predicted molar refractivity (Wildman–Crippen MR) is 49.6 cm³/mol. The molecule has 1 amide bonds. The van der Waals surface area contributed by atoms with Crippen LogP contribution in [0.5, 0.6) is 0 Å². The maximum atomic E-state index is 11.1. The molecule has 14 heavy (non-hydrogen) atoms. The Morgan fingerprint density at radius 2 is 2.14 bits per heavy atom. The molecule has 0 bridgehead atoms. The van der Waals surface area contributed by atoms with Gasteiger partial charge in [-0.15, -0.1) is 0 Å². The van der Waals surface area contributed by atoms with E-state index < -0.39 is 5.97 Å². The van der Waals surface area contributed by atoms with E-state index in [1.807, 2.05) is 0 Å². The molecule has 78 valence electrons. The lowest BCUT2D eigenvalue weighted by Crippen LogP contribution is -2.35. The molecule has 2 fully saturated rings. The highest BCUT2D eigenvalue weighted by atomic mass is 16.4. The molecule has 2 atom stereocenters. The minimum Gasteiger partial charge on any atom is -0.481 e. The second-order valence-corrected chi connectivity index (χ2v) is 4.32. The lowest BCUT2D eigenvalue weighted by Gasteiger charge is -2.33. The first-order chi connectivity index (χ1) is 6.68. The molecule has 1 saturated heterocycles. The van der Waals surface area contributed by atoms with Crippen LogP contribution < -0.4 is 5.32 Å². The highest BCUT2D eigenvalue weighted by Gasteiger charge is 2.41. The molecular weight excluding hydrogens is 182 g/mol. The Balaban J connectivity index is 2.02. The fourth-order valence-corrected chi connectivity index (χ4v) is 2.47. The fourth-order valence-electron chi connectivity index (χ4n) is 2.47. The molecule has 4 nitrogen and oxygen atoms in total. The molecule has 0 aromatic carbocycles. The molecule has 4 heteroatoms. The summed E-state index contributed by atoms with van der Waals surface area (Å²) in [4.78, 5) is 22.1. The third-order valence-corrected chi connectivity index (χ3v) is 3.46. The summed E-state index contributed by atoms with van der Waals surface area (Å²) in [5, 5.41) is 11.8. The Labute approximate surface area is 82.7 Å². The first-order valence-electron chi connectivity index (χ1n) is 5.18. The van der Waals surface area contributed by atoms with Gasteiger partial charge in [-0.05, 0) is 24.7 Å². The van der Waals surface area contributed by atoms with E-state index in [4.69, 9.17) is 5.11 Å². The van der Waals surface area contributed by atoms with Gasteiger partial charge in [0.15, 0.2) is 0 Å². The number of amides is 1. The molecule has 1 heterocycles. The lowest BCUT2D eigenvalue weighted by molar-refractivity contribution is -0.147. The van der Waals surface area contributed by atoms with Gasteiger partial charge in [-0.25, -0.2) is 0 Å². The summed E-state index contributed by atoms with van der Waals surface area (Å²) in [6.45, 7) is 0.548. The molecular formula is C10H15NO3. The fraction of sp³-hybridized carbons (Fsp3) is 0.800. The number of hydrogen-bond acceptors (Lipinski definition) is 2. The lowest BCUT2D eigenvalue weighted by atomic mass is 9.70. The van der Waals surface area contributed by atoms with Crippen molar-refractivity contribution in [3.63, 3.8) is 0 Å². The number of hydrogen-bond donors (Lipinski definition) is 2. The summed E-state index contributed by atoms with van der Waals surface area (Å²) in [6.07, 6.45) is 3.57. The van der Waals surface area contributed by atoms with Gasteiger partial charge in [0.25, 0.3) is 0 Å². The van der Waals surface area contributed by atoms with Crippen molar-refractivity contribution in [2.75, 3.05) is 6.54 Å². The smallest absolute Gasteiger partial charge is 0.307 e. The van der Waals surface area contributed by atoms with Crippen molar-refractivity contribution in [3.8, 4) is 0 Å². The Morgan fingerprint density at radius 1 is 1.43 bits per heavy atom. The first-order valence-corrected chi connectivity index (χ1v) is 5.18. The molecule has 2 unspecified atom stereocenters. The number of aliphatic carboxylic acids is 1. The summed E-state index contributed by atoms with van der Waals surface area (Å²) in [5.41, 5.74) is 0. The van der Waals surface area contributed by atoms with Crippen LogP contribution in [0.2, 0.25) is 0 Å². The van der Waals surface area contributed by atoms with E-state index in [0.717, 1.165) is 19.3 Å². The van der Waals surface area contributed by atoms with Crippen LogP contribution in [0.3, 0.4) is 0 Å². The molecule has 1 aliphatic heterocycles. The number of carboxylic acids is 1. The van der Waals surface area contributed by atoms with Gasteiger partial charge in [-0.3, -0.25) is 9.59 Å². The van der Waals surface area contributed by atoms with Gasteiger partial charge in [-0.1, -0.05) is 6.42 Å². The monoisotopic (exact) mass is 197 g/mol. The maximum absolute atomic E-state index is 11.1. The van der Waals surface area contributed by atoms with Crippen molar-refractivity contribution in [1.82, 2.24) is 5.32 Å². The van der Waals surface area contributed by atoms with Gasteiger partial charge in [0.2, 0.25) is 5.91 Å². The SMILES string of the molecule is O=C1CC(C(C(=O)O)C2CCC2)CN1. The standard InChI is InChI=1S/C10H15NO3/c12-8-4-7(5-11-8)9(10(13)14)6-2-1-3-6/h6-7,9H,1-5H2,(H,11,12)(H,13,14). The zero-order valence-electron chi connectivity index (χ0n) is 8.03. The summed E-state index contributed by atoms with van der Waals surface area (Å²) in [5.74, 6) is -0.699. The molecule has 0 spiro atoms. The van der Waals surface area contributed by atoms with Crippen molar-refractivity contribution in [2.45, 2.75) is 25.7 Å². The minimum atomic E-state index is -0.726. The van der Waals surface area contributed by atoms with Crippen LogP contribution in [0.25, 0.3) is 0 Å². The van der Waals surface area contributed by atoms with E-state index in [1.54, 1.807) is 0 Å². The molecule has 0 aromatic rings. The molecule has 1 aliphatic carbocycles. The van der Waals surface area contributed by atoms with Crippen LogP contribution >= 0.6 is 0 Å². The summed E-state index contributed by atoms with van der Waals surface area (Å²) >= 11 is 0. The van der Waals surface area contributed by atoms with E-state index in [9.17, 15) is 9.59 Å². The van der Waals surface area contributed by atoms with Crippen molar-refractivity contribution in [3.05, 3.63) is 0 Å². The van der Waals surface area contributed by atoms with Crippen LogP contribution in [0.1, 0.15) is 25.7 Å². The quantitative estimate of drug-likeness (QED) is 0.697. The van der Waals surface area contributed by atoms with E-state index in [2.05, 4.69) is 5.32 Å². The summed E-state index contributed by atoms with van der Waals surface area (Å²) < 4.78 is 0. The Hall–Kier alpha value is -1.06. The largest absolute Gasteiger partial charge is 0.481 e. The average molecular weight is 197 g/mol. The third kappa shape index (κ3) is 1.61. The van der Waals surface area contributed by atoms with Crippen LogP contribution in [-0.2, 0) is 9.59 Å². The third-order valence-electron chi connectivity index (χ3n) is 3.46. The Kier molecular flexibility index (Phi) is 2.44. The zero-order valence-corrected chi connectivity index (χ0v) is 8.03. The van der Waals surface area contributed by atoms with Crippen LogP contribution in [-0.4, -0.2) is 23.5 Å². The number of carbonyl (C=O) groups is 2. The van der Waals surface area contributed by atoms with Crippen molar-refractivity contribution >= 4 is 11.9 Å². The Morgan fingerprint density at radius 3 is 2.50 bits per heavy atom. The minimum absolute atomic E-state index is 0.000531. The maximum Gasteiger partial charge on any atom is 0.307 e. The van der Waals surface area contributed by atoms with Gasteiger partial charge in [0, 0.05) is 13.0 Å². The van der Waals surface area contributed by atoms with Crippen molar-refractivity contribution in [1.29, 1.82) is 0 Å². The number of carbonyl (C=O) groups excluding carboxylic acids is 1. The topological polar surface area (TPSA) is 66.4 Å². The molecule has 1 saturated carbocycles. The van der Waals surface area contributed by atoms with Crippen LogP contribution in [0.4, 0.5) is 0 Å². The van der Waals surface area contributed by atoms with Gasteiger partial charge in [-0.2, -0.15) is 0 Å². The molecule has 2 rings (SSSR count). The van der Waals surface area contributed by atoms with E-state index >= 15 is 0 Å². The first kappa shape index (κ1) is 9.49. The molecule has 2 aliphatic rings. The van der Waals surface area contributed by atoms with Crippen molar-refractivity contribution < 1.29 is 14.7 Å². The van der Waals surface area contributed by atoms with E-state index in [1.165, 1.54) is 0 Å². The highest BCUT2D eigenvalue weighted by molar-refractivity contribution is 5.80. The van der Waals surface area contributed by atoms with E-state index in [-0.39, 0.29) is 17.7 Å². The Bertz CT molecular complexity index is 260. The van der Waals surface area contributed by atoms with Gasteiger partial charge < -0.3 is 10.4 Å². The van der Waals surface area contributed by atoms with Gasteiger partial charge >= 0.3 is 5.97 Å². The summed E-state index contributed by atoms with van der Waals surface area (Å²) in [6, 6.07) is 0. The molecule has 2 N–H and O–H groups in total. The predicted octanol–water partition coefficient (Wildman–Crippen LogP) is 0.623. The summed E-state index contributed by atoms with van der Waals surface area (Å²) in [7, 11) is 0. The normalized spacial score (nSPS) is 29.4. The van der Waals surface area contributed by atoms with Crippen LogP contribution in [0, 0.1) is 17.8 Å². The van der Waals surface area contributed by atoms with Gasteiger partial charge in [0.05, 0.1) is 5.92 Å². The van der Waals surface area contributed by atoms with Crippen molar-refractivity contribution in [2.24, 2.45) is 17.8 Å². The average Bonchev–Trinajstić information content (AvgIpc) is 2.42. The number of carboxylic acid groups (broad SMARTS) is 1. The highest BCUT2D eigenvalue weighted by Crippen LogP contribution is 2.39. The number of nitrogens with one attached hydrogen (secondary N) is 1. The van der Waals surface area contributed by atoms with E-state index in [0.29, 0.717) is 18.9 Å². The molecule has 0 aromatic heterocycles.